The van der Waals surface area contributed by atoms with Crippen molar-refractivity contribution in [1.29, 1.82) is 0 Å². The summed E-state index contributed by atoms with van der Waals surface area (Å²) in [7, 11) is 0. The van der Waals surface area contributed by atoms with E-state index in [1.54, 1.807) is 20.0 Å². The molecule has 0 aliphatic carbocycles. The van der Waals surface area contributed by atoms with Crippen LogP contribution in [0.15, 0.2) is 42.6 Å². The number of nitrogens with one attached hydrogen (secondary N) is 1. The molecule has 0 spiro atoms. The van der Waals surface area contributed by atoms with Gasteiger partial charge in [0.1, 0.15) is 0 Å². The van der Waals surface area contributed by atoms with Crippen molar-refractivity contribution >= 4 is 11.7 Å². The lowest BCUT2D eigenvalue weighted by Gasteiger charge is -2.30. The summed E-state index contributed by atoms with van der Waals surface area (Å²) in [5.41, 5.74) is 1.16. The van der Waals surface area contributed by atoms with E-state index in [-0.39, 0.29) is 5.91 Å². The minimum Gasteiger partial charge on any atom is -0.474 e. The summed E-state index contributed by atoms with van der Waals surface area (Å²) in [5, 5.41) is 2.75. The van der Waals surface area contributed by atoms with Gasteiger partial charge in [-0.1, -0.05) is 30.3 Å². The van der Waals surface area contributed by atoms with E-state index < -0.39 is 5.60 Å². The normalized spacial score (nSPS) is 16.2. The minimum atomic E-state index is -0.871. The molecule has 1 aromatic carbocycles. The summed E-state index contributed by atoms with van der Waals surface area (Å²) in [6.45, 7) is 3.47. The number of nitrogens with zero attached hydrogens (tertiary/aromatic N) is 1. The minimum absolute atomic E-state index is 0.181. The standard InChI is InChI=1S/C15H14N2O2/c1-15(2)14(18)17-13-12(19-15)8-11(9-16-13)10-6-4-3-5-7-10/h3-9H,1-2H3,(H,16,17,18). The second-order valence-corrected chi connectivity index (χ2v) is 5.00. The van der Waals surface area contributed by atoms with Crippen LogP contribution in [-0.4, -0.2) is 16.5 Å². The molecule has 0 fully saturated rings. The highest BCUT2D eigenvalue weighted by Crippen LogP contribution is 2.34. The lowest BCUT2D eigenvalue weighted by molar-refractivity contribution is -0.129. The molecule has 0 atom stereocenters. The fourth-order valence-corrected chi connectivity index (χ4v) is 1.98. The molecule has 0 saturated heterocycles. The second kappa shape index (κ2) is 4.09. The van der Waals surface area contributed by atoms with Crippen molar-refractivity contribution in [1.82, 2.24) is 4.98 Å². The largest absolute Gasteiger partial charge is 0.474 e. The molecule has 1 aromatic heterocycles. The molecule has 19 heavy (non-hydrogen) atoms. The van der Waals surface area contributed by atoms with Crippen LogP contribution in [0.2, 0.25) is 0 Å². The third kappa shape index (κ3) is 2.05. The summed E-state index contributed by atoms with van der Waals surface area (Å²) < 4.78 is 5.72. The van der Waals surface area contributed by atoms with Gasteiger partial charge in [0.05, 0.1) is 0 Å². The Morgan fingerprint density at radius 1 is 1.16 bits per heavy atom. The van der Waals surface area contributed by atoms with Crippen molar-refractivity contribution in [2.45, 2.75) is 19.4 Å². The van der Waals surface area contributed by atoms with E-state index in [0.717, 1.165) is 11.1 Å². The van der Waals surface area contributed by atoms with Gasteiger partial charge in [-0.25, -0.2) is 4.98 Å². The van der Waals surface area contributed by atoms with Gasteiger partial charge in [-0.2, -0.15) is 0 Å². The Bertz CT molecular complexity index is 636. The molecule has 0 bridgehead atoms. The molecule has 96 valence electrons. The van der Waals surface area contributed by atoms with Crippen LogP contribution in [0, 0.1) is 0 Å². The number of pyridine rings is 1. The molecule has 2 heterocycles. The molecular weight excluding hydrogens is 240 g/mol. The highest BCUT2D eigenvalue weighted by Gasteiger charge is 2.36. The molecule has 4 heteroatoms. The maximum Gasteiger partial charge on any atom is 0.269 e. The Morgan fingerprint density at radius 3 is 2.63 bits per heavy atom. The van der Waals surface area contributed by atoms with Gasteiger partial charge in [0.15, 0.2) is 17.2 Å². The molecule has 1 N–H and O–H groups in total. The monoisotopic (exact) mass is 254 g/mol. The lowest BCUT2D eigenvalue weighted by Crippen LogP contribution is -2.45. The molecule has 0 unspecified atom stereocenters. The molecule has 1 aliphatic rings. The number of fused-ring (bicyclic) bond motifs is 1. The number of carbonyl (C=O) groups is 1. The molecule has 0 saturated carbocycles. The van der Waals surface area contributed by atoms with E-state index >= 15 is 0 Å². The van der Waals surface area contributed by atoms with Crippen molar-refractivity contribution in [3.8, 4) is 16.9 Å². The van der Waals surface area contributed by atoms with E-state index in [9.17, 15) is 4.79 Å². The first-order valence-electron chi connectivity index (χ1n) is 6.12. The predicted octanol–water partition coefficient (Wildman–Crippen LogP) is 2.86. The van der Waals surface area contributed by atoms with Crippen molar-refractivity contribution in [2.75, 3.05) is 5.32 Å². The van der Waals surface area contributed by atoms with E-state index in [2.05, 4.69) is 10.3 Å². The molecular formula is C15H14N2O2. The first kappa shape index (κ1) is 11.7. The van der Waals surface area contributed by atoms with Gasteiger partial charge >= 0.3 is 0 Å². The van der Waals surface area contributed by atoms with Crippen LogP contribution in [0.5, 0.6) is 5.75 Å². The Morgan fingerprint density at radius 2 is 1.89 bits per heavy atom. The van der Waals surface area contributed by atoms with Crippen LogP contribution in [0.1, 0.15) is 13.8 Å². The highest BCUT2D eigenvalue weighted by atomic mass is 16.5. The zero-order valence-electron chi connectivity index (χ0n) is 10.8. The molecule has 4 nitrogen and oxygen atoms in total. The van der Waals surface area contributed by atoms with Crippen LogP contribution < -0.4 is 10.1 Å². The quantitative estimate of drug-likeness (QED) is 0.851. The van der Waals surface area contributed by atoms with E-state index in [1.165, 1.54) is 0 Å². The zero-order valence-corrected chi connectivity index (χ0v) is 10.8. The van der Waals surface area contributed by atoms with Gasteiger partial charge in [0.2, 0.25) is 0 Å². The zero-order chi connectivity index (χ0) is 13.5. The summed E-state index contributed by atoms with van der Waals surface area (Å²) in [4.78, 5) is 16.0. The van der Waals surface area contributed by atoms with Gasteiger partial charge in [0.25, 0.3) is 5.91 Å². The fraction of sp³-hybridized carbons (Fsp3) is 0.200. The Labute approximate surface area is 111 Å². The van der Waals surface area contributed by atoms with Gasteiger partial charge < -0.3 is 10.1 Å². The fourth-order valence-electron chi connectivity index (χ4n) is 1.98. The second-order valence-electron chi connectivity index (χ2n) is 5.00. The summed E-state index contributed by atoms with van der Waals surface area (Å²) in [6, 6.07) is 11.8. The number of aromatic nitrogens is 1. The maximum atomic E-state index is 11.8. The van der Waals surface area contributed by atoms with Crippen molar-refractivity contribution < 1.29 is 9.53 Å². The molecule has 1 amide bonds. The average Bonchev–Trinajstić information content (AvgIpc) is 2.40. The number of anilines is 1. The van der Waals surface area contributed by atoms with Crippen LogP contribution in [0.3, 0.4) is 0 Å². The van der Waals surface area contributed by atoms with Crippen LogP contribution in [-0.2, 0) is 4.79 Å². The molecule has 3 rings (SSSR count). The molecule has 2 aromatic rings. The number of hydrogen-bond donors (Lipinski definition) is 1. The van der Waals surface area contributed by atoms with Crippen LogP contribution in [0.25, 0.3) is 11.1 Å². The lowest BCUT2D eigenvalue weighted by atomic mass is 10.1. The number of ether oxygens (including phenoxy) is 1. The van der Waals surface area contributed by atoms with Gasteiger partial charge in [-0.15, -0.1) is 0 Å². The van der Waals surface area contributed by atoms with Gasteiger partial charge in [-0.05, 0) is 25.5 Å². The Kier molecular flexibility index (Phi) is 2.52. The van der Waals surface area contributed by atoms with Gasteiger partial charge in [0, 0.05) is 11.8 Å². The molecule has 1 aliphatic heterocycles. The van der Waals surface area contributed by atoms with E-state index in [4.69, 9.17) is 4.74 Å². The third-order valence-electron chi connectivity index (χ3n) is 3.10. The van der Waals surface area contributed by atoms with E-state index in [1.807, 2.05) is 36.4 Å². The number of amides is 1. The number of hydrogen-bond acceptors (Lipinski definition) is 3. The predicted molar refractivity (Wildman–Crippen MR) is 73.0 cm³/mol. The highest BCUT2D eigenvalue weighted by molar-refractivity contribution is 5.99. The van der Waals surface area contributed by atoms with Crippen molar-refractivity contribution in [2.24, 2.45) is 0 Å². The topological polar surface area (TPSA) is 51.2 Å². The first-order valence-corrected chi connectivity index (χ1v) is 6.12. The number of carbonyl (C=O) groups excluding carboxylic acids is 1. The Hall–Kier alpha value is -2.36. The smallest absolute Gasteiger partial charge is 0.269 e. The van der Waals surface area contributed by atoms with Crippen molar-refractivity contribution in [3.05, 3.63) is 42.6 Å². The summed E-state index contributed by atoms with van der Waals surface area (Å²) >= 11 is 0. The summed E-state index contributed by atoms with van der Waals surface area (Å²) in [6.07, 6.45) is 1.73. The number of rotatable bonds is 1. The van der Waals surface area contributed by atoms with Gasteiger partial charge in [-0.3, -0.25) is 4.79 Å². The number of benzene rings is 1. The Balaban J connectivity index is 2.04. The van der Waals surface area contributed by atoms with E-state index in [0.29, 0.717) is 11.6 Å². The van der Waals surface area contributed by atoms with Crippen LogP contribution >= 0.6 is 0 Å². The van der Waals surface area contributed by atoms with Crippen molar-refractivity contribution in [3.63, 3.8) is 0 Å². The summed E-state index contributed by atoms with van der Waals surface area (Å²) in [5.74, 6) is 0.898. The average molecular weight is 254 g/mol. The third-order valence-corrected chi connectivity index (χ3v) is 3.10. The SMILES string of the molecule is CC1(C)Oc2cc(-c3ccccc3)cnc2NC1=O. The molecule has 0 radical (unpaired) electrons. The van der Waals surface area contributed by atoms with Crippen LogP contribution in [0.4, 0.5) is 5.82 Å². The first-order chi connectivity index (χ1) is 9.06. The maximum absolute atomic E-state index is 11.8.